The minimum absolute atomic E-state index is 0.137. The van der Waals surface area contributed by atoms with Gasteiger partial charge in [0.25, 0.3) is 0 Å². The van der Waals surface area contributed by atoms with Crippen molar-refractivity contribution >= 4 is 21.6 Å². The van der Waals surface area contributed by atoms with Crippen LogP contribution in [-0.4, -0.2) is 21.0 Å². The molecule has 0 saturated heterocycles. The predicted molar refractivity (Wildman–Crippen MR) is 67.0 cm³/mol. The van der Waals surface area contributed by atoms with Gasteiger partial charge in [-0.2, -0.15) is 13.1 Å². The van der Waals surface area contributed by atoms with Gasteiger partial charge < -0.3 is 5.73 Å². The van der Waals surface area contributed by atoms with Crippen molar-refractivity contribution < 1.29 is 8.42 Å². The van der Waals surface area contributed by atoms with Gasteiger partial charge in [-0.15, -0.1) is 0 Å². The molecule has 1 aromatic rings. The molecule has 1 aliphatic carbocycles. The number of hydrogen-bond acceptors (Lipinski definition) is 3. The first-order valence-electron chi connectivity index (χ1n) is 5.75. The van der Waals surface area contributed by atoms with Crippen LogP contribution in [-0.2, 0) is 16.6 Å². The Labute approximate surface area is 101 Å². The number of nitrogens with one attached hydrogen (secondary N) is 1. The number of nitrogens with two attached hydrogens (primary N) is 1. The van der Waals surface area contributed by atoms with Crippen LogP contribution in [0.15, 0.2) is 18.2 Å². The van der Waals surface area contributed by atoms with Crippen molar-refractivity contribution in [3.63, 3.8) is 0 Å². The van der Waals surface area contributed by atoms with E-state index in [0.29, 0.717) is 12.2 Å². The molecule has 1 aliphatic heterocycles. The predicted octanol–water partition coefficient (Wildman–Crippen LogP) is 0.628. The minimum atomic E-state index is -3.38. The smallest absolute Gasteiger partial charge is 0.301 e. The Morgan fingerprint density at radius 1 is 1.35 bits per heavy atom. The van der Waals surface area contributed by atoms with Gasteiger partial charge in [0.05, 0.1) is 5.69 Å². The number of anilines is 2. The van der Waals surface area contributed by atoms with Gasteiger partial charge in [-0.1, -0.05) is 0 Å². The van der Waals surface area contributed by atoms with E-state index >= 15 is 0 Å². The molecule has 6 heteroatoms. The lowest BCUT2D eigenvalue weighted by atomic mass is 10.1. The molecule has 1 aromatic carbocycles. The number of hydrogen-bond donors (Lipinski definition) is 2. The van der Waals surface area contributed by atoms with E-state index in [9.17, 15) is 8.42 Å². The molecule has 1 saturated carbocycles. The third kappa shape index (κ3) is 1.98. The highest BCUT2D eigenvalue weighted by atomic mass is 32.2. The van der Waals surface area contributed by atoms with Gasteiger partial charge in [0.15, 0.2) is 0 Å². The van der Waals surface area contributed by atoms with E-state index in [1.807, 2.05) is 6.07 Å². The molecule has 1 heterocycles. The number of benzene rings is 1. The average molecular weight is 253 g/mol. The van der Waals surface area contributed by atoms with Crippen LogP contribution in [0.2, 0.25) is 0 Å². The fourth-order valence-electron chi connectivity index (χ4n) is 2.12. The summed E-state index contributed by atoms with van der Waals surface area (Å²) in [5.74, 6) is 0. The van der Waals surface area contributed by atoms with Crippen molar-refractivity contribution in [2.45, 2.75) is 25.3 Å². The lowest BCUT2D eigenvalue weighted by Crippen LogP contribution is -2.40. The van der Waals surface area contributed by atoms with Crippen LogP contribution in [0.1, 0.15) is 18.4 Å². The van der Waals surface area contributed by atoms with E-state index in [-0.39, 0.29) is 6.04 Å². The monoisotopic (exact) mass is 253 g/mol. The first-order chi connectivity index (χ1) is 8.06. The third-order valence-corrected chi connectivity index (χ3v) is 4.73. The summed E-state index contributed by atoms with van der Waals surface area (Å²) in [5.41, 5.74) is 8.13. The van der Waals surface area contributed by atoms with E-state index < -0.39 is 10.2 Å². The highest BCUT2D eigenvalue weighted by Crippen LogP contribution is 2.32. The first kappa shape index (κ1) is 10.9. The Kier molecular flexibility index (Phi) is 2.31. The molecule has 3 rings (SSSR count). The molecule has 0 unspecified atom stereocenters. The first-order valence-corrected chi connectivity index (χ1v) is 7.19. The minimum Gasteiger partial charge on any atom is -0.399 e. The Morgan fingerprint density at radius 3 is 2.82 bits per heavy atom. The summed E-state index contributed by atoms with van der Waals surface area (Å²) in [6.45, 7) is 0.501. The maximum absolute atomic E-state index is 12.1. The zero-order valence-corrected chi connectivity index (χ0v) is 10.2. The fraction of sp³-hybridized carbons (Fsp3) is 0.455. The van der Waals surface area contributed by atoms with E-state index in [4.69, 9.17) is 5.73 Å². The van der Waals surface area contributed by atoms with Crippen LogP contribution in [0.3, 0.4) is 0 Å². The maximum atomic E-state index is 12.1. The van der Waals surface area contributed by atoms with E-state index in [2.05, 4.69) is 4.72 Å². The third-order valence-electron chi connectivity index (χ3n) is 3.14. The second-order valence-electron chi connectivity index (χ2n) is 4.61. The highest BCUT2D eigenvalue weighted by molar-refractivity contribution is 7.90. The largest absolute Gasteiger partial charge is 0.399 e. The summed E-state index contributed by atoms with van der Waals surface area (Å²) in [7, 11) is -3.38. The molecule has 17 heavy (non-hydrogen) atoms. The van der Waals surface area contributed by atoms with E-state index in [1.54, 1.807) is 12.1 Å². The van der Waals surface area contributed by atoms with Gasteiger partial charge in [-0.05, 0) is 43.0 Å². The Bertz CT molecular complexity index is 552. The zero-order valence-electron chi connectivity index (χ0n) is 9.39. The molecule has 1 fully saturated rings. The van der Waals surface area contributed by atoms with Crippen molar-refractivity contribution in [1.29, 1.82) is 0 Å². The van der Waals surface area contributed by atoms with Crippen molar-refractivity contribution in [1.82, 2.24) is 4.72 Å². The second-order valence-corrected chi connectivity index (χ2v) is 6.23. The summed E-state index contributed by atoms with van der Waals surface area (Å²) in [6.07, 6.45) is 2.62. The Hall–Kier alpha value is -1.27. The molecule has 92 valence electrons. The van der Waals surface area contributed by atoms with Gasteiger partial charge in [0.2, 0.25) is 0 Å². The molecule has 0 radical (unpaired) electrons. The molecular weight excluding hydrogens is 238 g/mol. The second kappa shape index (κ2) is 3.61. The standard InChI is InChI=1S/C11H15N3O2S/c12-9-1-4-11-8(7-9)5-6-14(11)17(15,16)13-10-2-3-10/h1,4,7,10,13H,2-3,5-6,12H2. The lowest BCUT2D eigenvalue weighted by Gasteiger charge is -2.19. The number of fused-ring (bicyclic) bond motifs is 1. The molecule has 0 bridgehead atoms. The van der Waals surface area contributed by atoms with E-state index in [1.165, 1.54) is 4.31 Å². The molecule has 0 spiro atoms. The zero-order chi connectivity index (χ0) is 12.0. The Balaban J connectivity index is 1.92. The topological polar surface area (TPSA) is 75.4 Å². The van der Waals surface area contributed by atoms with Crippen molar-refractivity contribution in [3.8, 4) is 0 Å². The normalized spacial score (nSPS) is 19.4. The summed E-state index contributed by atoms with van der Waals surface area (Å²) in [4.78, 5) is 0. The van der Waals surface area contributed by atoms with Gasteiger partial charge in [0, 0.05) is 18.3 Å². The molecule has 5 nitrogen and oxygen atoms in total. The van der Waals surface area contributed by atoms with Crippen LogP contribution in [0, 0.1) is 0 Å². The van der Waals surface area contributed by atoms with Crippen molar-refractivity contribution in [2.75, 3.05) is 16.6 Å². The van der Waals surface area contributed by atoms with Crippen LogP contribution in [0.5, 0.6) is 0 Å². The molecule has 0 amide bonds. The molecular formula is C11H15N3O2S. The van der Waals surface area contributed by atoms with Crippen molar-refractivity contribution in [3.05, 3.63) is 23.8 Å². The van der Waals surface area contributed by atoms with Gasteiger partial charge in [-0.25, -0.2) is 0 Å². The SMILES string of the molecule is Nc1ccc2c(c1)CCN2S(=O)(=O)NC1CC1. The maximum Gasteiger partial charge on any atom is 0.301 e. The lowest BCUT2D eigenvalue weighted by molar-refractivity contribution is 0.577. The molecule has 3 N–H and O–H groups in total. The summed E-state index contributed by atoms with van der Waals surface area (Å²) in [5, 5.41) is 0. The van der Waals surface area contributed by atoms with Crippen LogP contribution >= 0.6 is 0 Å². The van der Waals surface area contributed by atoms with E-state index in [0.717, 1.165) is 30.5 Å². The number of nitrogens with zero attached hydrogens (tertiary/aromatic N) is 1. The Morgan fingerprint density at radius 2 is 2.12 bits per heavy atom. The van der Waals surface area contributed by atoms with Gasteiger partial charge >= 0.3 is 10.2 Å². The van der Waals surface area contributed by atoms with Crippen LogP contribution in [0.25, 0.3) is 0 Å². The summed E-state index contributed by atoms with van der Waals surface area (Å²) < 4.78 is 28.4. The van der Waals surface area contributed by atoms with Crippen LogP contribution in [0.4, 0.5) is 11.4 Å². The highest BCUT2D eigenvalue weighted by Gasteiger charge is 2.34. The van der Waals surface area contributed by atoms with Crippen molar-refractivity contribution in [2.24, 2.45) is 0 Å². The average Bonchev–Trinajstić information content (AvgIpc) is 2.95. The summed E-state index contributed by atoms with van der Waals surface area (Å²) >= 11 is 0. The van der Waals surface area contributed by atoms with Gasteiger partial charge in [0.1, 0.15) is 0 Å². The molecule has 2 aliphatic rings. The van der Waals surface area contributed by atoms with Crippen LogP contribution < -0.4 is 14.8 Å². The molecule has 0 atom stereocenters. The molecule has 0 aromatic heterocycles. The quantitative estimate of drug-likeness (QED) is 0.776. The van der Waals surface area contributed by atoms with Gasteiger partial charge in [-0.3, -0.25) is 4.31 Å². The number of nitrogen functional groups attached to an aromatic ring is 1. The summed E-state index contributed by atoms with van der Waals surface area (Å²) in [6, 6.07) is 5.51. The number of rotatable bonds is 3. The fourth-order valence-corrected chi connectivity index (χ4v) is 3.67.